The fourth-order valence-electron chi connectivity index (χ4n) is 1.80. The van der Waals surface area contributed by atoms with Crippen molar-refractivity contribution in [2.24, 2.45) is 0 Å². The van der Waals surface area contributed by atoms with Gasteiger partial charge in [0, 0.05) is 17.6 Å². The second-order valence-corrected chi connectivity index (χ2v) is 7.03. The van der Waals surface area contributed by atoms with E-state index in [0.29, 0.717) is 18.0 Å². The molecule has 0 unspecified atom stereocenters. The lowest BCUT2D eigenvalue weighted by molar-refractivity contribution is 0.403. The van der Waals surface area contributed by atoms with Gasteiger partial charge in [0.2, 0.25) is 0 Å². The summed E-state index contributed by atoms with van der Waals surface area (Å²) < 4.78 is 20.9. The van der Waals surface area contributed by atoms with Gasteiger partial charge in [-0.3, -0.25) is 0 Å². The Morgan fingerprint density at radius 2 is 1.81 bits per heavy atom. The minimum atomic E-state index is -0.345. The molecule has 2 aromatic carbocycles. The molecule has 0 aliphatic rings. The van der Waals surface area contributed by atoms with E-state index in [1.165, 1.54) is 6.07 Å². The van der Waals surface area contributed by atoms with Gasteiger partial charge in [-0.1, -0.05) is 24.3 Å². The highest BCUT2D eigenvalue weighted by atomic mass is 127. The molecule has 112 valence electrons. The molecule has 0 heterocycles. The van der Waals surface area contributed by atoms with Crippen molar-refractivity contribution in [2.75, 3.05) is 0 Å². The summed E-state index contributed by atoms with van der Waals surface area (Å²) in [5.41, 5.74) is 0.773. The highest BCUT2D eigenvalue weighted by Crippen LogP contribution is 2.31. The summed E-state index contributed by atoms with van der Waals surface area (Å²) in [5, 5.41) is 3.36. The lowest BCUT2D eigenvalue weighted by Crippen LogP contribution is -2.35. The zero-order chi connectivity index (χ0) is 15.5. The third-order valence-corrected chi connectivity index (χ3v) is 3.80. The van der Waals surface area contributed by atoms with Crippen LogP contribution in [-0.4, -0.2) is 5.54 Å². The molecule has 0 radical (unpaired) electrons. The maximum Gasteiger partial charge on any atom is 0.167 e. The van der Waals surface area contributed by atoms with Crippen LogP contribution in [0.3, 0.4) is 0 Å². The van der Waals surface area contributed by atoms with Crippen molar-refractivity contribution in [1.82, 2.24) is 5.32 Å². The van der Waals surface area contributed by atoms with Crippen molar-refractivity contribution in [3.05, 3.63) is 57.4 Å². The molecule has 0 aromatic heterocycles. The molecule has 0 saturated heterocycles. The minimum absolute atomic E-state index is 0.0369. The molecule has 0 saturated carbocycles. The van der Waals surface area contributed by atoms with E-state index in [1.54, 1.807) is 6.07 Å². The Labute approximate surface area is 138 Å². The van der Waals surface area contributed by atoms with Crippen molar-refractivity contribution in [3.8, 4) is 11.5 Å². The third kappa shape index (κ3) is 4.68. The van der Waals surface area contributed by atoms with Crippen LogP contribution in [-0.2, 0) is 6.54 Å². The summed E-state index contributed by atoms with van der Waals surface area (Å²) >= 11 is 2.18. The third-order valence-electron chi connectivity index (χ3n) is 2.91. The summed E-state index contributed by atoms with van der Waals surface area (Å²) in [7, 11) is 0. The quantitative estimate of drug-likeness (QED) is 0.722. The Hall–Kier alpha value is -1.14. The summed E-state index contributed by atoms with van der Waals surface area (Å²) in [4.78, 5) is 0. The van der Waals surface area contributed by atoms with Gasteiger partial charge in [0.25, 0.3) is 0 Å². The van der Waals surface area contributed by atoms with E-state index in [0.717, 1.165) is 9.13 Å². The van der Waals surface area contributed by atoms with Gasteiger partial charge in [-0.15, -0.1) is 0 Å². The molecule has 2 aromatic rings. The summed E-state index contributed by atoms with van der Waals surface area (Å²) in [6.45, 7) is 6.78. The topological polar surface area (TPSA) is 21.3 Å². The molecule has 0 amide bonds. The Bertz CT molecular complexity index is 622. The van der Waals surface area contributed by atoms with E-state index >= 15 is 0 Å². The van der Waals surface area contributed by atoms with E-state index < -0.39 is 0 Å². The Kier molecular flexibility index (Phi) is 5.22. The molecule has 1 N–H and O–H groups in total. The maximum absolute atomic E-state index is 14.1. The number of nitrogens with one attached hydrogen (secondary N) is 1. The molecule has 0 fully saturated rings. The normalized spacial score (nSPS) is 11.5. The molecular formula is C17H19FINO. The molecular weight excluding hydrogens is 380 g/mol. The van der Waals surface area contributed by atoms with Crippen molar-refractivity contribution >= 4 is 22.6 Å². The van der Waals surface area contributed by atoms with E-state index in [9.17, 15) is 4.39 Å². The number of rotatable bonds is 4. The monoisotopic (exact) mass is 399 g/mol. The Balaban J connectivity index is 2.28. The number of hydrogen-bond donors (Lipinski definition) is 1. The first-order chi connectivity index (χ1) is 9.87. The molecule has 0 atom stereocenters. The summed E-state index contributed by atoms with van der Waals surface area (Å²) in [5.74, 6) is 0.612. The van der Waals surface area contributed by atoms with Crippen molar-refractivity contribution < 1.29 is 9.13 Å². The van der Waals surface area contributed by atoms with E-state index in [-0.39, 0.29) is 11.4 Å². The van der Waals surface area contributed by atoms with Gasteiger partial charge in [-0.05, 0) is 61.6 Å². The largest absolute Gasteiger partial charge is 0.453 e. The van der Waals surface area contributed by atoms with Crippen LogP contribution in [0.5, 0.6) is 11.5 Å². The van der Waals surface area contributed by atoms with Crippen LogP contribution >= 0.6 is 22.6 Å². The fourth-order valence-corrected chi connectivity index (χ4v) is 2.30. The van der Waals surface area contributed by atoms with Gasteiger partial charge < -0.3 is 10.1 Å². The lowest BCUT2D eigenvalue weighted by atomic mass is 10.1. The predicted octanol–water partition coefficient (Wildman–Crippen LogP) is 5.11. The second kappa shape index (κ2) is 6.75. The van der Waals surface area contributed by atoms with Crippen LogP contribution in [0.15, 0.2) is 42.5 Å². The fraction of sp³-hybridized carbons (Fsp3) is 0.294. The smallest absolute Gasteiger partial charge is 0.167 e. The molecule has 4 heteroatoms. The first-order valence-corrected chi connectivity index (χ1v) is 7.89. The number of halogens is 2. The maximum atomic E-state index is 14.1. The average molecular weight is 399 g/mol. The van der Waals surface area contributed by atoms with Crippen LogP contribution in [0, 0.1) is 9.39 Å². The molecule has 0 aliphatic carbocycles. The molecule has 2 rings (SSSR count). The SMILES string of the molecule is CC(C)(C)NCc1cccc(F)c1Oc1ccccc1I. The highest BCUT2D eigenvalue weighted by Gasteiger charge is 2.15. The molecule has 21 heavy (non-hydrogen) atoms. The average Bonchev–Trinajstić information content (AvgIpc) is 2.41. The summed E-state index contributed by atoms with van der Waals surface area (Å²) in [6, 6.07) is 12.6. The number of hydrogen-bond acceptors (Lipinski definition) is 2. The van der Waals surface area contributed by atoms with Gasteiger partial charge in [0.05, 0.1) is 3.57 Å². The second-order valence-electron chi connectivity index (χ2n) is 5.86. The Morgan fingerprint density at radius 1 is 1.10 bits per heavy atom. The zero-order valence-electron chi connectivity index (χ0n) is 12.4. The minimum Gasteiger partial charge on any atom is -0.453 e. The van der Waals surface area contributed by atoms with Crippen LogP contribution in [0.4, 0.5) is 4.39 Å². The van der Waals surface area contributed by atoms with Crippen molar-refractivity contribution in [1.29, 1.82) is 0 Å². The predicted molar refractivity (Wildman–Crippen MR) is 92.2 cm³/mol. The Morgan fingerprint density at radius 3 is 2.48 bits per heavy atom. The van der Waals surface area contributed by atoms with Gasteiger partial charge in [-0.2, -0.15) is 0 Å². The number of para-hydroxylation sites is 2. The number of ether oxygens (including phenoxy) is 1. The number of benzene rings is 2. The summed E-state index contributed by atoms with van der Waals surface area (Å²) in [6.07, 6.45) is 0. The van der Waals surface area contributed by atoms with E-state index in [1.807, 2.05) is 30.3 Å². The van der Waals surface area contributed by atoms with Crippen LogP contribution < -0.4 is 10.1 Å². The van der Waals surface area contributed by atoms with Gasteiger partial charge in [0.1, 0.15) is 5.75 Å². The van der Waals surface area contributed by atoms with Crippen LogP contribution in [0.1, 0.15) is 26.3 Å². The van der Waals surface area contributed by atoms with Crippen LogP contribution in [0.2, 0.25) is 0 Å². The van der Waals surface area contributed by atoms with Crippen molar-refractivity contribution in [3.63, 3.8) is 0 Å². The van der Waals surface area contributed by atoms with Crippen molar-refractivity contribution in [2.45, 2.75) is 32.9 Å². The highest BCUT2D eigenvalue weighted by molar-refractivity contribution is 14.1. The van der Waals surface area contributed by atoms with E-state index in [2.05, 4.69) is 48.7 Å². The van der Waals surface area contributed by atoms with Gasteiger partial charge in [-0.25, -0.2) is 4.39 Å². The zero-order valence-corrected chi connectivity index (χ0v) is 14.6. The van der Waals surface area contributed by atoms with Gasteiger partial charge >= 0.3 is 0 Å². The first-order valence-electron chi connectivity index (χ1n) is 6.81. The van der Waals surface area contributed by atoms with Crippen LogP contribution in [0.25, 0.3) is 0 Å². The van der Waals surface area contributed by atoms with Gasteiger partial charge in [0.15, 0.2) is 11.6 Å². The lowest BCUT2D eigenvalue weighted by Gasteiger charge is -2.22. The molecule has 0 spiro atoms. The first kappa shape index (κ1) is 16.2. The molecule has 0 aliphatic heterocycles. The molecule has 2 nitrogen and oxygen atoms in total. The van der Waals surface area contributed by atoms with E-state index in [4.69, 9.17) is 4.74 Å². The molecule has 0 bridgehead atoms. The standard InChI is InChI=1S/C17H19FINO/c1-17(2,3)20-11-12-7-6-8-13(18)16(12)21-15-10-5-4-9-14(15)19/h4-10,20H,11H2,1-3H3.